The van der Waals surface area contributed by atoms with Crippen LogP contribution in [0.2, 0.25) is 0 Å². The number of phosphoric acid groups is 2. The quantitative estimate of drug-likeness (QED) is 0.0222. The van der Waals surface area contributed by atoms with E-state index in [9.17, 15) is 43.2 Å². The zero-order chi connectivity index (χ0) is 71.0. The highest BCUT2D eigenvalue weighted by atomic mass is 31.2. The second-order valence-corrected chi connectivity index (χ2v) is 32.3. The molecule has 17 nitrogen and oxygen atoms in total. The van der Waals surface area contributed by atoms with E-state index in [1.54, 1.807) is 0 Å². The van der Waals surface area contributed by atoms with Gasteiger partial charge in [-0.25, -0.2) is 9.13 Å². The molecule has 0 saturated carbocycles. The Bertz CT molecular complexity index is 1890. The number of esters is 4. The summed E-state index contributed by atoms with van der Waals surface area (Å²) in [4.78, 5) is 72.8. The van der Waals surface area contributed by atoms with Crippen molar-refractivity contribution in [2.45, 2.75) is 408 Å². The van der Waals surface area contributed by atoms with E-state index in [1.165, 1.54) is 186 Å². The van der Waals surface area contributed by atoms with Crippen molar-refractivity contribution >= 4 is 39.5 Å². The minimum Gasteiger partial charge on any atom is -0.462 e. The molecule has 570 valence electrons. The fourth-order valence-corrected chi connectivity index (χ4v) is 13.3. The van der Waals surface area contributed by atoms with Crippen LogP contribution in [0, 0.1) is 23.7 Å². The minimum atomic E-state index is -4.96. The molecule has 0 aromatic carbocycles. The first kappa shape index (κ1) is 94.1. The van der Waals surface area contributed by atoms with Gasteiger partial charge in [-0.15, -0.1) is 0 Å². The largest absolute Gasteiger partial charge is 0.472 e. The van der Waals surface area contributed by atoms with Crippen LogP contribution in [-0.4, -0.2) is 96.7 Å². The van der Waals surface area contributed by atoms with Crippen molar-refractivity contribution in [2.75, 3.05) is 39.6 Å². The molecule has 0 aromatic heterocycles. The van der Waals surface area contributed by atoms with Crippen LogP contribution in [0.1, 0.15) is 389 Å². The molecule has 0 amide bonds. The van der Waals surface area contributed by atoms with Crippen molar-refractivity contribution in [2.24, 2.45) is 23.7 Å². The zero-order valence-corrected chi connectivity index (χ0v) is 64.8. The second-order valence-electron chi connectivity index (χ2n) is 29.4. The number of carbonyl (C=O) groups excluding carboxylic acids is 4. The lowest BCUT2D eigenvalue weighted by molar-refractivity contribution is -0.161. The monoisotopic (exact) mass is 1410 g/mol. The van der Waals surface area contributed by atoms with Gasteiger partial charge >= 0.3 is 39.5 Å². The van der Waals surface area contributed by atoms with Crippen molar-refractivity contribution in [3.05, 3.63) is 0 Å². The molecule has 0 aromatic rings. The maximum Gasteiger partial charge on any atom is 0.472 e. The van der Waals surface area contributed by atoms with Crippen molar-refractivity contribution in [3.63, 3.8) is 0 Å². The fraction of sp³-hybridized carbons (Fsp3) is 0.948. The first-order valence-corrected chi connectivity index (χ1v) is 42.7. The van der Waals surface area contributed by atoms with Gasteiger partial charge in [0, 0.05) is 25.7 Å². The summed E-state index contributed by atoms with van der Waals surface area (Å²) >= 11 is 0. The van der Waals surface area contributed by atoms with Crippen LogP contribution >= 0.6 is 15.6 Å². The molecule has 0 aliphatic rings. The number of unbranched alkanes of at least 4 members (excludes halogenated alkanes) is 39. The van der Waals surface area contributed by atoms with Gasteiger partial charge in [-0.3, -0.25) is 37.3 Å². The summed E-state index contributed by atoms with van der Waals surface area (Å²) in [7, 11) is -9.91. The Morgan fingerprint density at radius 2 is 0.500 bits per heavy atom. The van der Waals surface area contributed by atoms with Crippen LogP contribution in [0.3, 0.4) is 0 Å². The van der Waals surface area contributed by atoms with E-state index in [1.807, 2.05) is 0 Å². The van der Waals surface area contributed by atoms with Crippen molar-refractivity contribution in [3.8, 4) is 0 Å². The van der Waals surface area contributed by atoms with E-state index in [4.69, 9.17) is 37.0 Å². The highest BCUT2D eigenvalue weighted by molar-refractivity contribution is 7.47. The van der Waals surface area contributed by atoms with Gasteiger partial charge < -0.3 is 33.8 Å². The third kappa shape index (κ3) is 69.2. The summed E-state index contributed by atoms with van der Waals surface area (Å²) in [5.41, 5.74) is 0. The maximum absolute atomic E-state index is 13.1. The van der Waals surface area contributed by atoms with E-state index in [-0.39, 0.29) is 25.7 Å². The Hall–Kier alpha value is -1.94. The topological polar surface area (TPSA) is 237 Å². The number of aliphatic hydroxyl groups is 1. The van der Waals surface area contributed by atoms with E-state index < -0.39 is 97.5 Å². The average Bonchev–Trinajstić information content (AvgIpc) is 1.21. The van der Waals surface area contributed by atoms with Gasteiger partial charge in [0.2, 0.25) is 0 Å². The molecule has 0 rings (SSSR count). The number of rotatable bonds is 74. The molecular formula is C77H150O17P2. The van der Waals surface area contributed by atoms with Gasteiger partial charge in [-0.2, -0.15) is 0 Å². The lowest BCUT2D eigenvalue weighted by Crippen LogP contribution is -2.30. The fourth-order valence-electron chi connectivity index (χ4n) is 11.7. The summed E-state index contributed by atoms with van der Waals surface area (Å²) in [6.45, 7) is 14.2. The molecule has 19 heteroatoms. The average molecular weight is 1410 g/mol. The Kier molecular flexibility index (Phi) is 65.0. The Labute approximate surface area is 588 Å². The number of phosphoric ester groups is 2. The third-order valence-corrected chi connectivity index (χ3v) is 20.1. The minimum absolute atomic E-state index is 0.104. The van der Waals surface area contributed by atoms with E-state index in [0.29, 0.717) is 31.6 Å². The molecule has 0 aliphatic carbocycles. The molecule has 96 heavy (non-hydrogen) atoms. The zero-order valence-electron chi connectivity index (χ0n) is 63.0. The molecule has 0 bridgehead atoms. The Morgan fingerprint density at radius 3 is 0.740 bits per heavy atom. The number of aliphatic hydroxyl groups excluding tert-OH is 1. The van der Waals surface area contributed by atoms with Gasteiger partial charge in [0.1, 0.15) is 19.3 Å². The van der Waals surface area contributed by atoms with Crippen LogP contribution in [-0.2, 0) is 65.4 Å². The number of hydrogen-bond donors (Lipinski definition) is 3. The van der Waals surface area contributed by atoms with Gasteiger partial charge in [-0.05, 0) is 49.4 Å². The van der Waals surface area contributed by atoms with Gasteiger partial charge in [0.05, 0.1) is 26.4 Å². The first-order valence-electron chi connectivity index (χ1n) is 39.7. The summed E-state index contributed by atoms with van der Waals surface area (Å²) < 4.78 is 68.5. The van der Waals surface area contributed by atoms with Crippen LogP contribution in [0.4, 0.5) is 0 Å². The summed E-state index contributed by atoms with van der Waals surface area (Å²) in [5, 5.41) is 10.6. The van der Waals surface area contributed by atoms with Gasteiger partial charge in [0.25, 0.3) is 0 Å². The molecule has 3 N–H and O–H groups in total. The number of carbonyl (C=O) groups is 4. The predicted molar refractivity (Wildman–Crippen MR) is 391 cm³/mol. The lowest BCUT2D eigenvalue weighted by Gasteiger charge is -2.21. The standard InChI is InChI=1S/C77H150O17P2/c1-9-70(8)56-48-40-31-25-19-15-11-13-17-21-27-33-43-51-59-76(81)93-72(63-87-74(79)57-49-41-32-26-20-16-12-10-14-18-23-29-37-45-53-67(2)3)65-91-95(83,84)89-61-71(78)62-90-96(85,86)92-66-73(64-88-75(80)58-50-42-36-35-39-47-55-69(6)7)94-77(82)60-52-44-34-28-22-24-30-38-46-54-68(4)5/h67-73,78H,9-66H2,1-8H3,(H,83,84)(H,85,86)/t70?,71-,72-,73-/m1/s1. The van der Waals surface area contributed by atoms with Crippen molar-refractivity contribution in [1.29, 1.82) is 0 Å². The second kappa shape index (κ2) is 66.3. The van der Waals surface area contributed by atoms with Crippen LogP contribution in [0.25, 0.3) is 0 Å². The first-order chi connectivity index (χ1) is 46.1. The smallest absolute Gasteiger partial charge is 0.462 e. The third-order valence-electron chi connectivity index (χ3n) is 18.2. The van der Waals surface area contributed by atoms with Gasteiger partial charge in [0.15, 0.2) is 12.2 Å². The lowest BCUT2D eigenvalue weighted by atomic mass is 9.99. The molecule has 0 fully saturated rings. The van der Waals surface area contributed by atoms with E-state index in [0.717, 1.165) is 114 Å². The predicted octanol–water partition coefficient (Wildman–Crippen LogP) is 22.4. The SMILES string of the molecule is CCC(C)CCCCCCCCCCCCCCCCC(=O)O[C@H](COC(=O)CCCCCCCCCCCCCCCCC(C)C)COP(=O)(O)OC[C@@H](O)COP(=O)(O)OC[C@@H](COC(=O)CCCCCCCCC(C)C)OC(=O)CCCCCCCCCCCC(C)C. The normalized spacial score (nSPS) is 14.4. The van der Waals surface area contributed by atoms with Crippen LogP contribution < -0.4 is 0 Å². The molecule has 0 saturated heterocycles. The molecule has 0 heterocycles. The van der Waals surface area contributed by atoms with E-state index in [2.05, 4.69) is 55.4 Å². The Morgan fingerprint density at radius 1 is 0.292 bits per heavy atom. The van der Waals surface area contributed by atoms with E-state index >= 15 is 0 Å². The number of ether oxygens (including phenoxy) is 4. The molecular weight excluding hydrogens is 1260 g/mol. The highest BCUT2D eigenvalue weighted by Crippen LogP contribution is 2.45. The summed E-state index contributed by atoms with van der Waals surface area (Å²) in [6.07, 6.45) is 51.5. The molecule has 0 spiro atoms. The summed E-state index contributed by atoms with van der Waals surface area (Å²) in [5.74, 6) is 0.939. The highest BCUT2D eigenvalue weighted by Gasteiger charge is 2.30. The molecule has 3 unspecified atom stereocenters. The Balaban J connectivity index is 5.23. The molecule has 0 radical (unpaired) electrons. The van der Waals surface area contributed by atoms with Crippen LogP contribution in [0.15, 0.2) is 0 Å². The van der Waals surface area contributed by atoms with Crippen molar-refractivity contribution < 1.29 is 80.2 Å². The number of hydrogen-bond acceptors (Lipinski definition) is 15. The van der Waals surface area contributed by atoms with Gasteiger partial charge in [-0.1, -0.05) is 338 Å². The summed E-state index contributed by atoms with van der Waals surface area (Å²) in [6, 6.07) is 0. The maximum atomic E-state index is 13.1. The van der Waals surface area contributed by atoms with Crippen molar-refractivity contribution in [1.82, 2.24) is 0 Å². The van der Waals surface area contributed by atoms with Crippen LogP contribution in [0.5, 0.6) is 0 Å². The molecule has 0 aliphatic heterocycles. The molecule has 6 atom stereocenters.